The maximum atomic E-state index is 13.3. The molecule has 3 aromatic heterocycles. The first-order chi connectivity index (χ1) is 17.8. The van der Waals surface area contributed by atoms with E-state index in [-0.39, 0.29) is 27.6 Å². The number of imidazole rings is 1. The molecular weight excluding hydrogens is 560 g/mol. The molecular formula is C23H28ClF2N7O3S2. The van der Waals surface area contributed by atoms with Crippen molar-refractivity contribution in [2.75, 3.05) is 31.1 Å². The highest BCUT2D eigenvalue weighted by atomic mass is 35.5. The number of anilines is 1. The van der Waals surface area contributed by atoms with Crippen LogP contribution in [0.25, 0.3) is 16.3 Å². The Hall–Kier alpha value is -2.42. The number of carbonyl (C=O) groups is 1. The third kappa shape index (κ3) is 5.63. The predicted molar refractivity (Wildman–Crippen MR) is 141 cm³/mol. The van der Waals surface area contributed by atoms with Gasteiger partial charge in [-0.1, -0.05) is 22.9 Å². The first-order valence-electron chi connectivity index (χ1n) is 12.1. The largest absolute Gasteiger partial charge is 0.444 e. The van der Waals surface area contributed by atoms with Crippen LogP contribution < -0.4 is 9.62 Å². The molecule has 1 aliphatic carbocycles. The van der Waals surface area contributed by atoms with Crippen LogP contribution >= 0.6 is 22.9 Å². The molecule has 0 bridgehead atoms. The summed E-state index contributed by atoms with van der Waals surface area (Å²) in [6.45, 7) is 9.24. The minimum Gasteiger partial charge on any atom is -0.444 e. The molecule has 5 rings (SSSR count). The van der Waals surface area contributed by atoms with Crippen molar-refractivity contribution in [3.05, 3.63) is 22.4 Å². The monoisotopic (exact) mass is 587 g/mol. The van der Waals surface area contributed by atoms with Crippen LogP contribution in [-0.4, -0.2) is 72.1 Å². The Morgan fingerprint density at radius 1 is 1.24 bits per heavy atom. The highest BCUT2D eigenvalue weighted by molar-refractivity contribution is 7.83. The highest BCUT2D eigenvalue weighted by Gasteiger charge is 2.39. The summed E-state index contributed by atoms with van der Waals surface area (Å²) in [5.74, 6) is 0.236. The molecule has 3 aromatic rings. The second-order valence-corrected chi connectivity index (χ2v) is 13.2. The molecule has 1 unspecified atom stereocenters. The second kappa shape index (κ2) is 9.96. The van der Waals surface area contributed by atoms with Gasteiger partial charge in [0.15, 0.2) is 21.0 Å². The van der Waals surface area contributed by atoms with E-state index in [9.17, 15) is 17.8 Å². The third-order valence-electron chi connectivity index (χ3n) is 6.29. The molecule has 10 nitrogen and oxygen atoms in total. The molecule has 0 aromatic carbocycles. The lowest BCUT2D eigenvalue weighted by Crippen LogP contribution is -2.50. The number of nitrogens with one attached hydrogen (secondary N) is 1. The van der Waals surface area contributed by atoms with Crippen LogP contribution in [0.4, 0.5) is 19.3 Å². The van der Waals surface area contributed by atoms with E-state index in [2.05, 4.69) is 19.9 Å². The van der Waals surface area contributed by atoms with Crippen molar-refractivity contribution in [3.8, 4) is 10.8 Å². The molecule has 1 N–H and O–H groups in total. The molecule has 4 heterocycles. The third-order valence-corrected chi connectivity index (χ3v) is 8.81. The first-order valence-corrected chi connectivity index (χ1v) is 14.4. The van der Waals surface area contributed by atoms with Gasteiger partial charge in [-0.15, -0.1) is 10.2 Å². The number of carbonyl (C=O) groups excluding carboxylic acids is 1. The molecule has 1 saturated heterocycles. The Labute approximate surface area is 229 Å². The van der Waals surface area contributed by atoms with Gasteiger partial charge in [0.05, 0.1) is 10.6 Å². The van der Waals surface area contributed by atoms with Crippen molar-refractivity contribution in [2.45, 2.75) is 63.0 Å². The predicted octanol–water partition coefficient (Wildman–Crippen LogP) is 4.67. The van der Waals surface area contributed by atoms with Gasteiger partial charge in [-0.25, -0.2) is 27.5 Å². The van der Waals surface area contributed by atoms with Crippen LogP contribution in [0.5, 0.6) is 0 Å². The molecule has 15 heteroatoms. The fourth-order valence-corrected chi connectivity index (χ4v) is 6.21. The number of nitrogens with zero attached hydrogens (tertiary/aromatic N) is 6. The quantitative estimate of drug-likeness (QED) is 0.447. The number of amides is 1. The van der Waals surface area contributed by atoms with Crippen LogP contribution in [0.2, 0.25) is 5.15 Å². The maximum absolute atomic E-state index is 13.3. The summed E-state index contributed by atoms with van der Waals surface area (Å²) in [6.07, 6.45) is 0.344. The fraction of sp³-hybridized carbons (Fsp3) is 0.565. The number of halogens is 3. The molecule has 1 aliphatic heterocycles. The van der Waals surface area contributed by atoms with Gasteiger partial charge in [-0.05, 0) is 46.6 Å². The number of piperazine rings is 1. The number of rotatable bonds is 6. The zero-order chi connectivity index (χ0) is 27.4. The smallest absolute Gasteiger partial charge is 0.410 e. The Morgan fingerprint density at radius 3 is 2.50 bits per heavy atom. The molecule has 2 fully saturated rings. The number of hydrogen-bond donors (Lipinski definition) is 1. The Morgan fingerprint density at radius 2 is 1.92 bits per heavy atom. The van der Waals surface area contributed by atoms with Gasteiger partial charge in [-0.2, -0.15) is 0 Å². The van der Waals surface area contributed by atoms with E-state index in [1.165, 1.54) is 0 Å². The molecule has 1 amide bonds. The topological polar surface area (TPSA) is 105 Å². The van der Waals surface area contributed by atoms with Crippen LogP contribution in [0.3, 0.4) is 0 Å². The number of hydrogen-bond acceptors (Lipinski definition) is 8. The van der Waals surface area contributed by atoms with Crippen LogP contribution in [0, 0.1) is 0 Å². The van der Waals surface area contributed by atoms with Gasteiger partial charge in [-0.3, -0.25) is 4.40 Å². The number of ether oxygens (including phenoxy) is 1. The van der Waals surface area contributed by atoms with E-state index in [1.807, 2.05) is 32.6 Å². The molecule has 38 heavy (non-hydrogen) atoms. The zero-order valence-electron chi connectivity index (χ0n) is 21.3. The van der Waals surface area contributed by atoms with Gasteiger partial charge in [0, 0.05) is 37.9 Å². The minimum atomic E-state index is -2.76. The molecule has 0 radical (unpaired) electrons. The number of fused-ring (bicyclic) bond motifs is 1. The Bertz CT molecular complexity index is 1400. The number of pyridine rings is 1. The van der Waals surface area contributed by atoms with Gasteiger partial charge in [0.2, 0.25) is 0 Å². The summed E-state index contributed by atoms with van der Waals surface area (Å²) in [5, 5.41) is 7.38. The van der Waals surface area contributed by atoms with Gasteiger partial charge in [0.1, 0.15) is 22.1 Å². The fourth-order valence-electron chi connectivity index (χ4n) is 4.06. The summed E-state index contributed by atoms with van der Waals surface area (Å²) in [4.78, 5) is 21.1. The van der Waals surface area contributed by atoms with E-state index >= 15 is 0 Å². The summed E-state index contributed by atoms with van der Waals surface area (Å²) >= 11 is 7.32. The summed E-state index contributed by atoms with van der Waals surface area (Å²) in [5.41, 5.74) is 0.407. The molecule has 1 saturated carbocycles. The van der Waals surface area contributed by atoms with Crippen molar-refractivity contribution < 1.29 is 22.5 Å². The van der Waals surface area contributed by atoms with Gasteiger partial charge >= 0.3 is 6.09 Å². The molecule has 206 valence electrons. The van der Waals surface area contributed by atoms with E-state index in [0.717, 1.165) is 24.2 Å². The zero-order valence-corrected chi connectivity index (χ0v) is 23.7. The average Bonchev–Trinajstić information content (AvgIpc) is 3.24. The van der Waals surface area contributed by atoms with Crippen molar-refractivity contribution >= 4 is 51.2 Å². The SMILES string of the molecule is CC1(NS(=O)c2cc(N3CCN(C(=O)OC(C)(C)C)CC3)c3c(Cl)nc(-c4nnc(C(F)F)s4)n3c2)CC1. The lowest BCUT2D eigenvalue weighted by atomic mass is 10.2. The van der Waals surface area contributed by atoms with E-state index in [0.29, 0.717) is 42.3 Å². The maximum Gasteiger partial charge on any atom is 0.410 e. The minimum absolute atomic E-state index is 0.151. The standard InChI is InChI=1S/C23H28ClF2N7O3S2/c1-22(2,3)36-21(34)32-9-7-31(8-10-32)14-11-13(38(35)30-23(4)5-6-23)12-33-15(14)16(24)27-18(33)20-29-28-19(37-20)17(25)26/h11-12,17,30H,5-10H2,1-4H3. The Kier molecular flexibility index (Phi) is 7.12. The van der Waals surface area contributed by atoms with Crippen molar-refractivity contribution in [1.29, 1.82) is 0 Å². The summed E-state index contributed by atoms with van der Waals surface area (Å²) in [6, 6.07) is 1.80. The second-order valence-electron chi connectivity index (χ2n) is 10.6. The average molecular weight is 588 g/mol. The van der Waals surface area contributed by atoms with Gasteiger partial charge in [0.25, 0.3) is 6.43 Å². The first kappa shape index (κ1) is 27.2. The molecule has 2 aliphatic rings. The van der Waals surface area contributed by atoms with E-state index in [4.69, 9.17) is 16.3 Å². The molecule has 1 atom stereocenters. The van der Waals surface area contributed by atoms with Crippen molar-refractivity contribution in [2.24, 2.45) is 0 Å². The van der Waals surface area contributed by atoms with Crippen LogP contribution in [-0.2, 0) is 15.7 Å². The molecule has 0 spiro atoms. The summed E-state index contributed by atoms with van der Waals surface area (Å²) in [7, 11) is -1.55. The number of aromatic nitrogens is 4. The van der Waals surface area contributed by atoms with Crippen LogP contribution in [0.1, 0.15) is 52.0 Å². The Balaban J connectivity index is 1.52. The van der Waals surface area contributed by atoms with Crippen molar-refractivity contribution in [3.63, 3.8) is 0 Å². The highest BCUT2D eigenvalue weighted by Crippen LogP contribution is 2.38. The van der Waals surface area contributed by atoms with Crippen molar-refractivity contribution in [1.82, 2.24) is 29.2 Å². The normalized spacial score (nSPS) is 18.3. The summed E-state index contributed by atoms with van der Waals surface area (Å²) < 4.78 is 50.0. The van der Waals surface area contributed by atoms with Gasteiger partial charge < -0.3 is 14.5 Å². The number of alkyl halides is 2. The lowest BCUT2D eigenvalue weighted by molar-refractivity contribution is 0.0240. The van der Waals surface area contributed by atoms with Crippen LogP contribution in [0.15, 0.2) is 17.2 Å². The lowest BCUT2D eigenvalue weighted by Gasteiger charge is -2.37. The van der Waals surface area contributed by atoms with E-state index < -0.39 is 28.0 Å². The van der Waals surface area contributed by atoms with E-state index in [1.54, 1.807) is 21.6 Å².